The Bertz CT molecular complexity index is 1490. The molecule has 0 aliphatic carbocycles. The molecule has 1 N–H and O–H groups in total. The fourth-order valence-electron chi connectivity index (χ4n) is 3.44. The van der Waals surface area contributed by atoms with Gasteiger partial charge in [-0.25, -0.2) is 4.98 Å². The molecule has 4 nitrogen and oxygen atoms in total. The number of hydrogen-bond donors (Lipinski definition) is 1. The zero-order valence-electron chi connectivity index (χ0n) is 16.7. The van der Waals surface area contributed by atoms with Crippen molar-refractivity contribution in [1.29, 1.82) is 0 Å². The third-order valence-electron chi connectivity index (χ3n) is 5.10. The third-order valence-corrected chi connectivity index (χ3v) is 7.58. The Kier molecular flexibility index (Phi) is 5.72. The van der Waals surface area contributed by atoms with E-state index in [-0.39, 0.29) is 5.91 Å². The average Bonchev–Trinajstić information content (AvgIpc) is 3.35. The molecule has 0 spiro atoms. The Balaban J connectivity index is 1.39. The number of thiophene rings is 1. The molecule has 0 saturated heterocycles. The number of nitrogens with one attached hydrogen (secondary N) is 1. The summed E-state index contributed by atoms with van der Waals surface area (Å²) in [4.78, 5) is 17.9. The van der Waals surface area contributed by atoms with Crippen LogP contribution in [0.3, 0.4) is 0 Å². The summed E-state index contributed by atoms with van der Waals surface area (Å²) in [6.07, 6.45) is 0.919. The highest BCUT2D eigenvalue weighted by Crippen LogP contribution is 2.37. The first-order chi connectivity index (χ1) is 15.4. The van der Waals surface area contributed by atoms with Crippen LogP contribution in [0.25, 0.3) is 32.6 Å². The maximum Gasteiger partial charge on any atom is 0.267 e. The lowest BCUT2D eigenvalue weighted by Crippen LogP contribution is -2.10. The van der Waals surface area contributed by atoms with Crippen LogP contribution in [0.15, 0.2) is 63.5 Å². The Morgan fingerprint density at radius 1 is 1.12 bits per heavy atom. The number of carbonyl (C=O) groups excluding carboxylic acids is 1. The number of amides is 1. The molecule has 0 atom stereocenters. The van der Waals surface area contributed by atoms with Crippen LogP contribution in [-0.4, -0.2) is 10.9 Å². The highest BCUT2D eigenvalue weighted by Gasteiger charge is 2.18. The van der Waals surface area contributed by atoms with Gasteiger partial charge in [0.15, 0.2) is 5.58 Å². The number of nitrogens with zero attached hydrogens (tertiary/aromatic N) is 1. The van der Waals surface area contributed by atoms with Crippen LogP contribution >= 0.6 is 50.5 Å². The predicted molar refractivity (Wildman–Crippen MR) is 136 cm³/mol. The highest BCUT2D eigenvalue weighted by molar-refractivity contribution is 9.10. The smallest absolute Gasteiger partial charge is 0.267 e. The van der Waals surface area contributed by atoms with Crippen LogP contribution in [0.4, 0.5) is 5.69 Å². The topological polar surface area (TPSA) is 55.1 Å². The Morgan fingerprint density at radius 3 is 2.66 bits per heavy atom. The minimum atomic E-state index is -0.266. The van der Waals surface area contributed by atoms with Gasteiger partial charge in [0, 0.05) is 26.4 Å². The van der Waals surface area contributed by atoms with E-state index in [0.29, 0.717) is 32.1 Å². The largest absolute Gasteiger partial charge is 0.435 e. The van der Waals surface area contributed by atoms with Gasteiger partial charge in [0.1, 0.15) is 10.4 Å². The van der Waals surface area contributed by atoms with E-state index in [1.54, 1.807) is 12.1 Å². The number of anilines is 1. The zero-order valence-corrected chi connectivity index (χ0v) is 20.6. The summed E-state index contributed by atoms with van der Waals surface area (Å²) in [7, 11) is 0. The maximum atomic E-state index is 12.8. The summed E-state index contributed by atoms with van der Waals surface area (Å²) in [5.74, 6) is 0.259. The van der Waals surface area contributed by atoms with Gasteiger partial charge in [0.05, 0.1) is 9.50 Å². The van der Waals surface area contributed by atoms with E-state index in [9.17, 15) is 4.79 Å². The summed E-state index contributed by atoms with van der Waals surface area (Å²) in [6.45, 7) is 2.10. The minimum absolute atomic E-state index is 0.266. The van der Waals surface area contributed by atoms with Gasteiger partial charge in [-0.15, -0.1) is 11.3 Å². The van der Waals surface area contributed by atoms with E-state index >= 15 is 0 Å². The molecule has 0 fully saturated rings. The number of aryl methyl sites for hydroxylation is 1. The molecular weight excluding hydrogens is 531 g/mol. The second-order valence-electron chi connectivity index (χ2n) is 7.22. The minimum Gasteiger partial charge on any atom is -0.435 e. The van der Waals surface area contributed by atoms with Crippen LogP contribution in [-0.2, 0) is 6.42 Å². The van der Waals surface area contributed by atoms with Crippen LogP contribution in [0, 0.1) is 0 Å². The number of aromatic nitrogens is 1. The first-order valence-electron chi connectivity index (χ1n) is 9.81. The molecule has 0 radical (unpaired) electrons. The lowest BCUT2D eigenvalue weighted by atomic mass is 10.1. The quantitative estimate of drug-likeness (QED) is 0.246. The lowest BCUT2D eigenvalue weighted by molar-refractivity contribution is 0.103. The molecule has 160 valence electrons. The van der Waals surface area contributed by atoms with Crippen LogP contribution in [0.5, 0.6) is 0 Å². The first kappa shape index (κ1) is 21.5. The molecule has 5 rings (SSSR count). The normalized spacial score (nSPS) is 11.4. The van der Waals surface area contributed by atoms with Crippen LogP contribution < -0.4 is 5.32 Å². The van der Waals surface area contributed by atoms with Crippen molar-refractivity contribution in [3.63, 3.8) is 0 Å². The number of benzene rings is 3. The van der Waals surface area contributed by atoms with Crippen molar-refractivity contribution in [2.45, 2.75) is 13.3 Å². The monoisotopic (exact) mass is 544 g/mol. The number of fused-ring (bicyclic) bond motifs is 2. The van der Waals surface area contributed by atoms with E-state index in [0.717, 1.165) is 32.1 Å². The van der Waals surface area contributed by atoms with Crippen molar-refractivity contribution < 1.29 is 9.21 Å². The van der Waals surface area contributed by atoms with Gasteiger partial charge in [0.25, 0.3) is 5.91 Å². The summed E-state index contributed by atoms with van der Waals surface area (Å²) < 4.78 is 7.72. The van der Waals surface area contributed by atoms with Gasteiger partial charge in [-0.1, -0.05) is 36.2 Å². The number of halogens is 3. The first-order valence-corrected chi connectivity index (χ1v) is 12.2. The predicted octanol–water partition coefficient (Wildman–Crippen LogP) is 8.59. The fourth-order valence-corrected chi connectivity index (χ4v) is 5.71. The van der Waals surface area contributed by atoms with Crippen LogP contribution in [0.1, 0.15) is 22.2 Å². The number of carbonyl (C=O) groups is 1. The molecule has 8 heteroatoms. The average molecular weight is 546 g/mol. The highest BCUT2D eigenvalue weighted by atomic mass is 79.9. The summed E-state index contributed by atoms with van der Waals surface area (Å²) in [5, 5.41) is 4.75. The summed E-state index contributed by atoms with van der Waals surface area (Å²) in [6, 6.07) is 16.8. The molecule has 2 aromatic heterocycles. The molecule has 0 bridgehead atoms. The van der Waals surface area contributed by atoms with Crippen LogP contribution in [0.2, 0.25) is 10.0 Å². The van der Waals surface area contributed by atoms with Gasteiger partial charge >= 0.3 is 0 Å². The van der Waals surface area contributed by atoms with E-state index in [2.05, 4.69) is 33.2 Å². The molecule has 5 aromatic rings. The van der Waals surface area contributed by atoms with Crippen molar-refractivity contribution in [3.05, 3.63) is 79.6 Å². The van der Waals surface area contributed by atoms with Gasteiger partial charge < -0.3 is 9.73 Å². The van der Waals surface area contributed by atoms with Gasteiger partial charge in [-0.2, -0.15) is 0 Å². The van der Waals surface area contributed by atoms with E-state index in [1.165, 1.54) is 16.9 Å². The van der Waals surface area contributed by atoms with E-state index in [1.807, 2.05) is 42.5 Å². The Hall–Kier alpha value is -2.38. The summed E-state index contributed by atoms with van der Waals surface area (Å²) >= 11 is 17.4. The van der Waals surface area contributed by atoms with Gasteiger partial charge in [-0.05, 0) is 76.4 Å². The molecule has 0 aliphatic rings. The van der Waals surface area contributed by atoms with Crippen molar-refractivity contribution in [2.75, 3.05) is 5.32 Å². The van der Waals surface area contributed by atoms with Crippen molar-refractivity contribution in [1.82, 2.24) is 4.98 Å². The molecule has 1 amide bonds. The fraction of sp³-hybridized carbons (Fsp3) is 0.0833. The van der Waals surface area contributed by atoms with Gasteiger partial charge in [-0.3, -0.25) is 4.79 Å². The van der Waals surface area contributed by atoms with E-state index in [4.69, 9.17) is 27.6 Å². The molecule has 0 aliphatic heterocycles. The molecule has 32 heavy (non-hydrogen) atoms. The Labute approximate surface area is 206 Å². The SMILES string of the molecule is CCc1cc(Br)c2oc(-c3ccc(NC(=O)c4sc5cc(Cl)ccc5c4Cl)cc3)nc2c1. The standard InChI is InChI=1S/C24H15BrCl2N2O2S/c1-2-12-9-17(25)21-18(10-12)29-24(31-21)13-3-6-15(7-4-13)28-23(30)22-20(27)16-8-5-14(26)11-19(16)32-22/h3-11H,2H2,1H3,(H,28,30). The molecule has 0 unspecified atom stereocenters. The molecule has 0 saturated carbocycles. The van der Waals surface area contributed by atoms with Crippen molar-refractivity contribution in [3.8, 4) is 11.5 Å². The van der Waals surface area contributed by atoms with Crippen molar-refractivity contribution in [2.24, 2.45) is 0 Å². The zero-order chi connectivity index (χ0) is 22.4. The van der Waals surface area contributed by atoms with Crippen molar-refractivity contribution >= 4 is 83.2 Å². The second-order valence-corrected chi connectivity index (χ2v) is 9.94. The summed E-state index contributed by atoms with van der Waals surface area (Å²) in [5.41, 5.74) is 4.18. The third kappa shape index (κ3) is 3.92. The molecule has 2 heterocycles. The number of rotatable bonds is 4. The molecule has 3 aromatic carbocycles. The number of hydrogen-bond acceptors (Lipinski definition) is 4. The Morgan fingerprint density at radius 2 is 1.91 bits per heavy atom. The number of oxazole rings is 1. The second kappa shape index (κ2) is 8.52. The van der Waals surface area contributed by atoms with Gasteiger partial charge in [0.2, 0.25) is 5.89 Å². The van der Waals surface area contributed by atoms with E-state index < -0.39 is 0 Å². The lowest BCUT2D eigenvalue weighted by Gasteiger charge is -2.04. The maximum absolute atomic E-state index is 12.8. The molecular formula is C24H15BrCl2N2O2S.